The van der Waals surface area contributed by atoms with Gasteiger partial charge in [0.15, 0.2) is 11.5 Å². The Morgan fingerprint density at radius 1 is 0.933 bits per heavy atom. The van der Waals surface area contributed by atoms with Crippen molar-refractivity contribution in [2.45, 2.75) is 6.04 Å². The molecule has 1 fully saturated rings. The number of carbonyl (C=O) groups is 2. The monoisotopic (exact) mass is 401 g/mol. The van der Waals surface area contributed by atoms with Gasteiger partial charge in [0.25, 0.3) is 11.7 Å². The zero-order valence-corrected chi connectivity index (χ0v) is 16.1. The van der Waals surface area contributed by atoms with Crippen LogP contribution in [0.1, 0.15) is 17.2 Å². The zero-order chi connectivity index (χ0) is 21.3. The molecule has 3 aromatic rings. The van der Waals surface area contributed by atoms with Crippen molar-refractivity contribution < 1.29 is 24.5 Å². The molecule has 1 amide bonds. The summed E-state index contributed by atoms with van der Waals surface area (Å²) in [7, 11) is 1.41. The lowest BCUT2D eigenvalue weighted by atomic mass is 9.95. The Labute approximate surface area is 173 Å². The van der Waals surface area contributed by atoms with E-state index >= 15 is 0 Å². The predicted octanol–water partition coefficient (Wildman–Crippen LogP) is 4.03. The summed E-state index contributed by atoms with van der Waals surface area (Å²) in [6, 6.07) is 21.1. The first-order valence-electron chi connectivity index (χ1n) is 9.31. The number of carbonyl (C=O) groups excluding carboxylic acids is 2. The highest BCUT2D eigenvalue weighted by atomic mass is 16.5. The van der Waals surface area contributed by atoms with Crippen molar-refractivity contribution in [1.29, 1.82) is 0 Å². The number of amides is 1. The van der Waals surface area contributed by atoms with Gasteiger partial charge in [-0.25, -0.2) is 0 Å². The maximum Gasteiger partial charge on any atom is 0.300 e. The second-order valence-electron chi connectivity index (χ2n) is 6.80. The van der Waals surface area contributed by atoms with Crippen molar-refractivity contribution >= 4 is 23.1 Å². The number of phenols is 1. The number of aliphatic hydroxyl groups is 1. The summed E-state index contributed by atoms with van der Waals surface area (Å²) in [4.78, 5) is 27.4. The fraction of sp³-hybridized carbons (Fsp3) is 0.0833. The van der Waals surface area contributed by atoms with Crippen LogP contribution in [0.25, 0.3) is 5.76 Å². The number of ketones is 1. The van der Waals surface area contributed by atoms with Crippen LogP contribution in [-0.2, 0) is 9.59 Å². The van der Waals surface area contributed by atoms with Gasteiger partial charge >= 0.3 is 0 Å². The molecule has 6 heteroatoms. The number of Topliss-reactive ketones (excluding diaryl/α,β-unsaturated/α-hetero) is 1. The van der Waals surface area contributed by atoms with Gasteiger partial charge in [-0.1, -0.05) is 54.6 Å². The molecule has 30 heavy (non-hydrogen) atoms. The molecular weight excluding hydrogens is 382 g/mol. The molecule has 3 aromatic carbocycles. The van der Waals surface area contributed by atoms with E-state index in [1.165, 1.54) is 18.1 Å². The van der Waals surface area contributed by atoms with Gasteiger partial charge in [0.1, 0.15) is 5.76 Å². The number of benzene rings is 3. The van der Waals surface area contributed by atoms with Gasteiger partial charge < -0.3 is 14.9 Å². The van der Waals surface area contributed by atoms with Crippen LogP contribution in [0.5, 0.6) is 11.5 Å². The first-order valence-corrected chi connectivity index (χ1v) is 9.31. The van der Waals surface area contributed by atoms with Gasteiger partial charge in [-0.05, 0) is 29.8 Å². The predicted molar refractivity (Wildman–Crippen MR) is 112 cm³/mol. The molecule has 150 valence electrons. The maximum atomic E-state index is 13.0. The van der Waals surface area contributed by atoms with Crippen LogP contribution in [0.3, 0.4) is 0 Å². The Balaban J connectivity index is 1.97. The van der Waals surface area contributed by atoms with Crippen molar-refractivity contribution in [3.05, 3.63) is 95.6 Å². The molecule has 1 aliphatic heterocycles. The molecule has 1 saturated heterocycles. The van der Waals surface area contributed by atoms with Gasteiger partial charge in [-0.15, -0.1) is 0 Å². The van der Waals surface area contributed by atoms with E-state index in [1.807, 2.05) is 6.07 Å². The minimum Gasteiger partial charge on any atom is -0.507 e. The minimum absolute atomic E-state index is 0.0252. The van der Waals surface area contributed by atoms with E-state index in [0.717, 1.165) is 0 Å². The lowest BCUT2D eigenvalue weighted by Crippen LogP contribution is -2.29. The molecule has 0 spiro atoms. The summed E-state index contributed by atoms with van der Waals surface area (Å²) < 4.78 is 5.20. The summed E-state index contributed by atoms with van der Waals surface area (Å²) in [6.07, 6.45) is 0. The Morgan fingerprint density at radius 3 is 2.20 bits per heavy atom. The summed E-state index contributed by atoms with van der Waals surface area (Å²) in [5, 5.41) is 21.0. The van der Waals surface area contributed by atoms with Crippen LogP contribution in [0.15, 0.2) is 84.4 Å². The number of nitrogens with zero attached hydrogens (tertiary/aromatic N) is 1. The first kappa shape index (κ1) is 19.3. The number of para-hydroxylation sites is 1. The molecule has 0 aromatic heterocycles. The molecule has 2 N–H and O–H groups in total. The third-order valence-electron chi connectivity index (χ3n) is 5.05. The van der Waals surface area contributed by atoms with E-state index in [4.69, 9.17) is 4.74 Å². The average molecular weight is 401 g/mol. The minimum atomic E-state index is -0.887. The molecule has 0 bridgehead atoms. The number of phenolic OH excluding ortho intramolecular Hbond substituents is 1. The van der Waals surface area contributed by atoms with Crippen molar-refractivity contribution in [2.24, 2.45) is 0 Å². The van der Waals surface area contributed by atoms with Crippen LogP contribution >= 0.6 is 0 Å². The summed E-state index contributed by atoms with van der Waals surface area (Å²) in [6.45, 7) is 0. The smallest absolute Gasteiger partial charge is 0.300 e. The van der Waals surface area contributed by atoms with Crippen LogP contribution in [0.2, 0.25) is 0 Å². The van der Waals surface area contributed by atoms with Crippen molar-refractivity contribution in [2.75, 3.05) is 12.0 Å². The molecule has 1 atom stereocenters. The molecule has 6 nitrogen and oxygen atoms in total. The third-order valence-corrected chi connectivity index (χ3v) is 5.05. The molecule has 1 heterocycles. The van der Waals surface area contributed by atoms with Gasteiger partial charge in [-0.2, -0.15) is 0 Å². The van der Waals surface area contributed by atoms with Crippen molar-refractivity contribution in [3.8, 4) is 11.5 Å². The van der Waals surface area contributed by atoms with Crippen molar-refractivity contribution in [1.82, 2.24) is 0 Å². The largest absolute Gasteiger partial charge is 0.507 e. The highest BCUT2D eigenvalue weighted by Gasteiger charge is 2.47. The molecule has 1 aliphatic rings. The standard InChI is InChI=1S/C24H19NO5/c1-30-19-14-16(12-13-18(19)26)21-20(22(27)15-8-4-2-5-9-15)23(28)24(29)25(21)17-10-6-3-7-11-17/h2-14,21,26-27H,1H3/t21-/m1/s1. The molecular formula is C24H19NO5. The van der Waals surface area contributed by atoms with E-state index in [-0.39, 0.29) is 22.8 Å². The normalized spacial score (nSPS) is 17.9. The Kier molecular flexibility index (Phi) is 4.98. The van der Waals surface area contributed by atoms with Crippen LogP contribution in [-0.4, -0.2) is 29.0 Å². The number of anilines is 1. The lowest BCUT2D eigenvalue weighted by molar-refractivity contribution is -0.132. The quantitative estimate of drug-likeness (QED) is 0.392. The fourth-order valence-electron chi connectivity index (χ4n) is 3.62. The first-order chi connectivity index (χ1) is 14.5. The van der Waals surface area contributed by atoms with Crippen molar-refractivity contribution in [3.63, 3.8) is 0 Å². The highest BCUT2D eigenvalue weighted by Crippen LogP contribution is 2.43. The maximum absolute atomic E-state index is 13.0. The lowest BCUT2D eigenvalue weighted by Gasteiger charge is -2.25. The highest BCUT2D eigenvalue weighted by molar-refractivity contribution is 6.51. The Bertz CT molecular complexity index is 1140. The molecule has 0 saturated carbocycles. The molecule has 4 rings (SSSR count). The average Bonchev–Trinajstić information content (AvgIpc) is 3.05. The van der Waals surface area contributed by atoms with E-state index in [9.17, 15) is 19.8 Å². The summed E-state index contributed by atoms with van der Waals surface area (Å²) >= 11 is 0. The molecule has 0 unspecified atom stereocenters. The SMILES string of the molecule is COc1cc([C@@H]2C(=C(O)c3ccccc3)C(=O)C(=O)N2c2ccccc2)ccc1O. The topological polar surface area (TPSA) is 87.1 Å². The van der Waals surface area contributed by atoms with Gasteiger partial charge in [0.05, 0.1) is 18.7 Å². The van der Waals surface area contributed by atoms with Gasteiger partial charge in [-0.3, -0.25) is 14.5 Å². The second-order valence-corrected chi connectivity index (χ2v) is 6.80. The summed E-state index contributed by atoms with van der Waals surface area (Å²) in [5.41, 5.74) is 1.44. The number of aromatic hydroxyl groups is 1. The summed E-state index contributed by atoms with van der Waals surface area (Å²) in [5.74, 6) is -1.65. The number of methoxy groups -OCH3 is 1. The van der Waals surface area contributed by atoms with Crippen LogP contribution < -0.4 is 9.64 Å². The third kappa shape index (κ3) is 3.18. The Morgan fingerprint density at radius 2 is 1.57 bits per heavy atom. The van der Waals surface area contributed by atoms with E-state index in [1.54, 1.807) is 66.7 Å². The Hall–Kier alpha value is -4.06. The van der Waals surface area contributed by atoms with E-state index in [0.29, 0.717) is 16.8 Å². The number of ether oxygens (including phenoxy) is 1. The van der Waals surface area contributed by atoms with Gasteiger partial charge in [0, 0.05) is 11.3 Å². The number of hydrogen-bond acceptors (Lipinski definition) is 5. The van der Waals surface area contributed by atoms with Gasteiger partial charge in [0.2, 0.25) is 0 Å². The number of hydrogen-bond donors (Lipinski definition) is 2. The van der Waals surface area contributed by atoms with E-state index < -0.39 is 17.7 Å². The fourth-order valence-corrected chi connectivity index (χ4v) is 3.62. The molecule has 0 radical (unpaired) electrons. The van der Waals surface area contributed by atoms with Crippen LogP contribution in [0.4, 0.5) is 5.69 Å². The number of aliphatic hydroxyl groups excluding tert-OH is 1. The second kappa shape index (κ2) is 7.75. The number of rotatable bonds is 4. The van der Waals surface area contributed by atoms with Crippen LogP contribution in [0, 0.1) is 0 Å². The zero-order valence-electron chi connectivity index (χ0n) is 16.1. The van der Waals surface area contributed by atoms with E-state index in [2.05, 4.69) is 0 Å². The molecule has 0 aliphatic carbocycles.